The summed E-state index contributed by atoms with van der Waals surface area (Å²) >= 11 is 0. The highest BCUT2D eigenvalue weighted by molar-refractivity contribution is 6.14. The number of fused-ring (bicyclic) bond motifs is 3. The lowest BCUT2D eigenvalue weighted by Crippen LogP contribution is -1.93. The summed E-state index contributed by atoms with van der Waals surface area (Å²) in [6.45, 7) is 0. The van der Waals surface area contributed by atoms with Crippen LogP contribution in [0.4, 0.5) is 5.69 Å². The molecule has 0 atom stereocenters. The van der Waals surface area contributed by atoms with Gasteiger partial charge < -0.3 is 10.3 Å². The van der Waals surface area contributed by atoms with Crippen LogP contribution in [0.3, 0.4) is 0 Å². The number of rotatable bonds is 1. The molecule has 2 N–H and O–H groups in total. The average molecular weight is 258 g/mol. The third kappa shape index (κ3) is 1.45. The smallest absolute Gasteiger partial charge is 0.0561 e. The maximum absolute atomic E-state index is 6.20. The first-order chi connectivity index (χ1) is 9.86. The minimum Gasteiger partial charge on any atom is -0.398 e. The number of benzene rings is 3. The van der Waals surface area contributed by atoms with Gasteiger partial charge in [0, 0.05) is 22.1 Å². The standard InChI is InChI=1S/C18H14N2/c19-15-10-6-12-17-18(15)14-9-4-5-11-16(14)20(17)13-7-2-1-3-8-13/h1-12H,19H2. The van der Waals surface area contributed by atoms with Crippen molar-refractivity contribution in [2.75, 3.05) is 5.73 Å². The lowest BCUT2D eigenvalue weighted by molar-refractivity contribution is 1.18. The van der Waals surface area contributed by atoms with E-state index in [0.29, 0.717) is 0 Å². The van der Waals surface area contributed by atoms with Crippen molar-refractivity contribution >= 4 is 27.5 Å². The topological polar surface area (TPSA) is 30.9 Å². The number of nitrogens with zero attached hydrogens (tertiary/aromatic N) is 1. The fraction of sp³-hybridized carbons (Fsp3) is 0. The predicted octanol–water partition coefficient (Wildman–Crippen LogP) is 4.37. The Labute approximate surface area is 117 Å². The van der Waals surface area contributed by atoms with E-state index in [0.717, 1.165) is 22.3 Å². The molecule has 0 aliphatic heterocycles. The lowest BCUT2D eigenvalue weighted by atomic mass is 10.1. The minimum absolute atomic E-state index is 0.827. The van der Waals surface area contributed by atoms with Gasteiger partial charge in [0.2, 0.25) is 0 Å². The summed E-state index contributed by atoms with van der Waals surface area (Å²) in [7, 11) is 0. The first-order valence-corrected chi connectivity index (χ1v) is 6.69. The molecule has 4 aromatic rings. The first kappa shape index (κ1) is 11.1. The van der Waals surface area contributed by atoms with E-state index in [2.05, 4.69) is 59.2 Å². The zero-order valence-corrected chi connectivity index (χ0v) is 11.0. The summed E-state index contributed by atoms with van der Waals surface area (Å²) in [4.78, 5) is 0. The Kier molecular flexibility index (Phi) is 2.30. The van der Waals surface area contributed by atoms with Gasteiger partial charge in [-0.2, -0.15) is 0 Å². The van der Waals surface area contributed by atoms with E-state index in [1.165, 1.54) is 10.9 Å². The molecular formula is C18H14N2. The van der Waals surface area contributed by atoms with Crippen molar-refractivity contribution < 1.29 is 0 Å². The van der Waals surface area contributed by atoms with Gasteiger partial charge in [0.15, 0.2) is 0 Å². The number of nitrogens with two attached hydrogens (primary N) is 1. The fourth-order valence-corrected chi connectivity index (χ4v) is 2.90. The Morgan fingerprint density at radius 3 is 2.20 bits per heavy atom. The first-order valence-electron chi connectivity index (χ1n) is 6.69. The van der Waals surface area contributed by atoms with E-state index in [1.54, 1.807) is 0 Å². The third-order valence-electron chi connectivity index (χ3n) is 3.74. The average Bonchev–Trinajstić information content (AvgIpc) is 2.84. The summed E-state index contributed by atoms with van der Waals surface area (Å²) in [5, 5.41) is 2.33. The molecule has 0 saturated carbocycles. The van der Waals surface area contributed by atoms with Crippen LogP contribution >= 0.6 is 0 Å². The molecule has 0 spiro atoms. The molecular weight excluding hydrogens is 244 g/mol. The second kappa shape index (κ2) is 4.14. The van der Waals surface area contributed by atoms with Gasteiger partial charge in [0.05, 0.1) is 11.0 Å². The van der Waals surface area contributed by atoms with Crippen molar-refractivity contribution in [3.8, 4) is 5.69 Å². The van der Waals surface area contributed by atoms with Crippen LogP contribution in [0.1, 0.15) is 0 Å². The summed E-state index contributed by atoms with van der Waals surface area (Å²) in [5.74, 6) is 0. The van der Waals surface area contributed by atoms with Crippen LogP contribution < -0.4 is 5.73 Å². The second-order valence-corrected chi connectivity index (χ2v) is 4.93. The summed E-state index contributed by atoms with van der Waals surface area (Å²) < 4.78 is 2.26. The molecule has 0 aliphatic rings. The molecule has 0 unspecified atom stereocenters. The van der Waals surface area contributed by atoms with Crippen molar-refractivity contribution in [3.63, 3.8) is 0 Å². The summed E-state index contributed by atoms with van der Waals surface area (Å²) in [5.41, 5.74) is 10.5. The normalized spacial score (nSPS) is 11.2. The van der Waals surface area contributed by atoms with Gasteiger partial charge in [-0.05, 0) is 30.3 Å². The molecule has 0 fully saturated rings. The molecule has 0 aliphatic carbocycles. The van der Waals surface area contributed by atoms with Crippen molar-refractivity contribution in [2.45, 2.75) is 0 Å². The van der Waals surface area contributed by atoms with Crippen LogP contribution in [-0.2, 0) is 0 Å². The summed E-state index contributed by atoms with van der Waals surface area (Å²) in [6, 6.07) is 24.9. The molecule has 2 nitrogen and oxygen atoms in total. The van der Waals surface area contributed by atoms with Crippen LogP contribution in [-0.4, -0.2) is 4.57 Å². The van der Waals surface area contributed by atoms with E-state index < -0.39 is 0 Å². The van der Waals surface area contributed by atoms with E-state index >= 15 is 0 Å². The molecule has 2 heteroatoms. The highest BCUT2D eigenvalue weighted by Gasteiger charge is 2.12. The predicted molar refractivity (Wildman–Crippen MR) is 85.2 cm³/mol. The van der Waals surface area contributed by atoms with Crippen molar-refractivity contribution in [1.29, 1.82) is 0 Å². The molecule has 0 saturated heterocycles. The molecule has 96 valence electrons. The summed E-state index contributed by atoms with van der Waals surface area (Å²) in [6.07, 6.45) is 0. The van der Waals surface area contributed by atoms with Gasteiger partial charge in [0.25, 0.3) is 0 Å². The van der Waals surface area contributed by atoms with Gasteiger partial charge >= 0.3 is 0 Å². The number of hydrogen-bond acceptors (Lipinski definition) is 1. The number of anilines is 1. The van der Waals surface area contributed by atoms with Gasteiger partial charge in [-0.1, -0.05) is 42.5 Å². The second-order valence-electron chi connectivity index (χ2n) is 4.93. The SMILES string of the molecule is Nc1cccc2c1c1ccccc1n2-c1ccccc1. The number of para-hydroxylation sites is 2. The van der Waals surface area contributed by atoms with Gasteiger partial charge in [-0.25, -0.2) is 0 Å². The quantitative estimate of drug-likeness (QED) is 0.505. The van der Waals surface area contributed by atoms with E-state index in [1.807, 2.05) is 18.2 Å². The highest BCUT2D eigenvalue weighted by atomic mass is 15.0. The Balaban J connectivity index is 2.26. The van der Waals surface area contributed by atoms with Crippen LogP contribution in [0.25, 0.3) is 27.5 Å². The molecule has 0 radical (unpaired) electrons. The van der Waals surface area contributed by atoms with Crippen LogP contribution in [0.15, 0.2) is 72.8 Å². The minimum atomic E-state index is 0.827. The number of aromatic nitrogens is 1. The Bertz CT molecular complexity index is 905. The monoisotopic (exact) mass is 258 g/mol. The molecule has 0 amide bonds. The Hall–Kier alpha value is -2.74. The van der Waals surface area contributed by atoms with Crippen LogP contribution in [0, 0.1) is 0 Å². The third-order valence-corrected chi connectivity index (χ3v) is 3.74. The maximum Gasteiger partial charge on any atom is 0.0561 e. The van der Waals surface area contributed by atoms with E-state index in [4.69, 9.17) is 5.73 Å². The number of hydrogen-bond donors (Lipinski definition) is 1. The zero-order chi connectivity index (χ0) is 13.5. The Morgan fingerprint density at radius 2 is 1.35 bits per heavy atom. The molecule has 3 aromatic carbocycles. The fourth-order valence-electron chi connectivity index (χ4n) is 2.90. The maximum atomic E-state index is 6.20. The van der Waals surface area contributed by atoms with Crippen LogP contribution in [0.5, 0.6) is 0 Å². The molecule has 0 bridgehead atoms. The van der Waals surface area contributed by atoms with Crippen LogP contribution in [0.2, 0.25) is 0 Å². The van der Waals surface area contributed by atoms with Gasteiger partial charge in [-0.3, -0.25) is 0 Å². The van der Waals surface area contributed by atoms with Crippen molar-refractivity contribution in [1.82, 2.24) is 4.57 Å². The number of nitrogen functional groups attached to an aromatic ring is 1. The Morgan fingerprint density at radius 1 is 0.650 bits per heavy atom. The molecule has 20 heavy (non-hydrogen) atoms. The van der Waals surface area contributed by atoms with Crippen molar-refractivity contribution in [2.24, 2.45) is 0 Å². The molecule has 1 aromatic heterocycles. The molecule has 1 heterocycles. The van der Waals surface area contributed by atoms with Gasteiger partial charge in [0.1, 0.15) is 0 Å². The van der Waals surface area contributed by atoms with E-state index in [-0.39, 0.29) is 0 Å². The lowest BCUT2D eigenvalue weighted by Gasteiger charge is -2.07. The highest BCUT2D eigenvalue weighted by Crippen LogP contribution is 2.34. The largest absolute Gasteiger partial charge is 0.398 e. The molecule has 4 rings (SSSR count). The van der Waals surface area contributed by atoms with Gasteiger partial charge in [-0.15, -0.1) is 0 Å². The van der Waals surface area contributed by atoms with E-state index in [9.17, 15) is 0 Å². The van der Waals surface area contributed by atoms with Crippen molar-refractivity contribution in [3.05, 3.63) is 72.8 Å². The zero-order valence-electron chi connectivity index (χ0n) is 11.0.